The lowest BCUT2D eigenvalue weighted by molar-refractivity contribution is 0.545. The molecule has 2 aromatic rings. The van der Waals surface area contributed by atoms with Gasteiger partial charge in [-0.3, -0.25) is 4.57 Å². The van der Waals surface area contributed by atoms with Crippen LogP contribution in [0.15, 0.2) is 35.9 Å². The molecule has 0 aliphatic rings. The third-order valence-electron chi connectivity index (χ3n) is 2.35. The summed E-state index contributed by atoms with van der Waals surface area (Å²) in [6, 6.07) is 0. The Kier molecular flexibility index (Phi) is 3.02. The van der Waals surface area contributed by atoms with Crippen molar-refractivity contribution < 1.29 is 0 Å². The van der Waals surface area contributed by atoms with Crippen molar-refractivity contribution in [2.24, 2.45) is 0 Å². The molecule has 0 bridgehead atoms. The Bertz CT molecular complexity index is 440. The number of hydrogen-bond donors (Lipinski definition) is 1. The summed E-state index contributed by atoms with van der Waals surface area (Å²) in [6.07, 6.45) is 11.0. The molecule has 1 N–H and O–H groups in total. The van der Waals surface area contributed by atoms with Gasteiger partial charge in [-0.1, -0.05) is 0 Å². The molecule has 0 unspecified atom stereocenters. The zero-order chi connectivity index (χ0) is 10.5. The van der Waals surface area contributed by atoms with Gasteiger partial charge in [-0.15, -0.1) is 0 Å². The molecule has 2 aromatic heterocycles. The minimum atomic E-state index is -0.0300. The fraction of sp³-hybridized carbons (Fsp3) is 0.400. The highest BCUT2D eigenvalue weighted by Gasteiger charge is 1.95. The van der Waals surface area contributed by atoms with Gasteiger partial charge in [-0.2, -0.15) is 0 Å². The summed E-state index contributed by atoms with van der Waals surface area (Å²) in [5.41, 5.74) is -0.0300. The van der Waals surface area contributed by atoms with E-state index in [4.69, 9.17) is 0 Å². The summed E-state index contributed by atoms with van der Waals surface area (Å²) in [5, 5.41) is 0. The number of aromatic amines is 1. The van der Waals surface area contributed by atoms with Crippen molar-refractivity contribution >= 4 is 0 Å². The van der Waals surface area contributed by atoms with Crippen LogP contribution in [0.1, 0.15) is 12.8 Å². The quantitative estimate of drug-likeness (QED) is 0.737. The van der Waals surface area contributed by atoms with Gasteiger partial charge in [0.2, 0.25) is 0 Å². The van der Waals surface area contributed by atoms with E-state index in [0.717, 1.165) is 25.9 Å². The van der Waals surface area contributed by atoms with E-state index >= 15 is 0 Å². The first-order chi connectivity index (χ1) is 7.36. The van der Waals surface area contributed by atoms with Crippen LogP contribution in [-0.4, -0.2) is 19.1 Å². The van der Waals surface area contributed by atoms with E-state index < -0.39 is 0 Å². The Labute approximate surface area is 87.4 Å². The van der Waals surface area contributed by atoms with Crippen LogP contribution >= 0.6 is 0 Å². The number of aromatic nitrogens is 4. The van der Waals surface area contributed by atoms with Crippen molar-refractivity contribution in [2.45, 2.75) is 25.9 Å². The Morgan fingerprint density at radius 2 is 2.13 bits per heavy atom. The molecule has 0 aromatic carbocycles. The third kappa shape index (κ3) is 2.59. The van der Waals surface area contributed by atoms with E-state index in [1.807, 2.05) is 17.1 Å². The van der Waals surface area contributed by atoms with E-state index in [-0.39, 0.29) is 5.69 Å². The highest BCUT2D eigenvalue weighted by Crippen LogP contribution is 1.96. The van der Waals surface area contributed by atoms with Crippen LogP contribution in [0.4, 0.5) is 0 Å². The second-order valence-electron chi connectivity index (χ2n) is 3.47. The minimum Gasteiger partial charge on any atom is -0.337 e. The number of aryl methyl sites for hydroxylation is 2. The van der Waals surface area contributed by atoms with Crippen LogP contribution in [0.25, 0.3) is 0 Å². The molecule has 0 fully saturated rings. The van der Waals surface area contributed by atoms with Gasteiger partial charge in [0.05, 0.1) is 6.33 Å². The Hall–Kier alpha value is -1.78. The van der Waals surface area contributed by atoms with E-state index in [1.165, 1.54) is 0 Å². The molecule has 0 spiro atoms. The SMILES string of the molecule is O=c1[nH]ccn1CCCCn1ccnc1. The topological polar surface area (TPSA) is 55.6 Å². The molecule has 5 nitrogen and oxygen atoms in total. The monoisotopic (exact) mass is 206 g/mol. The molecule has 0 atom stereocenters. The van der Waals surface area contributed by atoms with Crippen molar-refractivity contribution in [3.05, 3.63) is 41.6 Å². The summed E-state index contributed by atoms with van der Waals surface area (Å²) in [6.45, 7) is 1.73. The number of nitrogens with one attached hydrogen (secondary N) is 1. The Morgan fingerprint density at radius 3 is 2.80 bits per heavy atom. The molecule has 80 valence electrons. The summed E-state index contributed by atoms with van der Waals surface area (Å²) >= 11 is 0. The summed E-state index contributed by atoms with van der Waals surface area (Å²) in [5.74, 6) is 0. The molecule has 2 heterocycles. The summed E-state index contributed by atoms with van der Waals surface area (Å²) in [7, 11) is 0. The molecular weight excluding hydrogens is 192 g/mol. The number of nitrogens with zero attached hydrogens (tertiary/aromatic N) is 3. The molecule has 15 heavy (non-hydrogen) atoms. The lowest BCUT2D eigenvalue weighted by Crippen LogP contribution is -2.16. The highest BCUT2D eigenvalue weighted by atomic mass is 16.1. The van der Waals surface area contributed by atoms with Gasteiger partial charge in [-0.05, 0) is 12.8 Å². The van der Waals surface area contributed by atoms with Crippen LogP contribution in [0.2, 0.25) is 0 Å². The first-order valence-corrected chi connectivity index (χ1v) is 5.06. The van der Waals surface area contributed by atoms with Crippen molar-refractivity contribution in [2.75, 3.05) is 0 Å². The van der Waals surface area contributed by atoms with Gasteiger partial charge < -0.3 is 9.55 Å². The van der Waals surface area contributed by atoms with Crippen molar-refractivity contribution in [3.63, 3.8) is 0 Å². The second kappa shape index (κ2) is 4.63. The molecule has 0 saturated heterocycles. The average molecular weight is 206 g/mol. The summed E-state index contributed by atoms with van der Waals surface area (Å²) in [4.78, 5) is 17.7. The molecule has 0 amide bonds. The number of H-pyrrole nitrogens is 1. The molecule has 0 saturated carbocycles. The predicted molar refractivity (Wildman–Crippen MR) is 56.5 cm³/mol. The highest BCUT2D eigenvalue weighted by molar-refractivity contribution is 4.76. The molecule has 0 aliphatic heterocycles. The van der Waals surface area contributed by atoms with Gasteiger partial charge in [-0.25, -0.2) is 9.78 Å². The van der Waals surface area contributed by atoms with Gasteiger partial charge in [0.25, 0.3) is 0 Å². The van der Waals surface area contributed by atoms with Crippen LogP contribution in [0, 0.1) is 0 Å². The van der Waals surface area contributed by atoms with Crippen molar-refractivity contribution in [1.29, 1.82) is 0 Å². The van der Waals surface area contributed by atoms with Crippen molar-refractivity contribution in [1.82, 2.24) is 19.1 Å². The van der Waals surface area contributed by atoms with E-state index in [0.29, 0.717) is 0 Å². The maximum absolute atomic E-state index is 11.1. The van der Waals surface area contributed by atoms with Crippen LogP contribution in [0.3, 0.4) is 0 Å². The van der Waals surface area contributed by atoms with Crippen LogP contribution < -0.4 is 5.69 Å². The summed E-state index contributed by atoms with van der Waals surface area (Å²) < 4.78 is 3.73. The fourth-order valence-corrected chi connectivity index (χ4v) is 1.52. The fourth-order valence-electron chi connectivity index (χ4n) is 1.52. The van der Waals surface area contributed by atoms with Crippen molar-refractivity contribution in [3.8, 4) is 0 Å². The number of imidazole rings is 2. The second-order valence-corrected chi connectivity index (χ2v) is 3.47. The maximum Gasteiger partial charge on any atom is 0.325 e. The average Bonchev–Trinajstić information content (AvgIpc) is 2.85. The first-order valence-electron chi connectivity index (χ1n) is 5.06. The Morgan fingerprint density at radius 1 is 1.27 bits per heavy atom. The standard InChI is InChI=1S/C10H14N4O/c15-10-12-4-8-14(10)6-2-1-5-13-7-3-11-9-13/h3-4,7-9H,1-2,5-6H2,(H,12,15). The zero-order valence-electron chi connectivity index (χ0n) is 8.47. The molecule has 2 rings (SSSR count). The lowest BCUT2D eigenvalue weighted by atomic mass is 10.3. The van der Waals surface area contributed by atoms with Gasteiger partial charge >= 0.3 is 5.69 Å². The third-order valence-corrected chi connectivity index (χ3v) is 2.35. The number of unbranched alkanes of at least 4 members (excludes halogenated alkanes) is 1. The normalized spacial score (nSPS) is 10.7. The molecule has 0 radical (unpaired) electrons. The Balaban J connectivity index is 1.72. The molecular formula is C10H14N4O. The predicted octanol–water partition coefficient (Wildman–Crippen LogP) is 0.853. The van der Waals surface area contributed by atoms with Crippen LogP contribution in [0.5, 0.6) is 0 Å². The maximum atomic E-state index is 11.1. The lowest BCUT2D eigenvalue weighted by Gasteiger charge is -2.02. The van der Waals surface area contributed by atoms with Gasteiger partial charge in [0, 0.05) is 37.9 Å². The van der Waals surface area contributed by atoms with Gasteiger partial charge in [0.1, 0.15) is 0 Å². The van der Waals surface area contributed by atoms with Crippen LogP contribution in [-0.2, 0) is 13.1 Å². The van der Waals surface area contributed by atoms with E-state index in [2.05, 4.69) is 9.97 Å². The zero-order valence-corrected chi connectivity index (χ0v) is 8.47. The smallest absolute Gasteiger partial charge is 0.325 e. The van der Waals surface area contributed by atoms with E-state index in [1.54, 1.807) is 23.2 Å². The largest absolute Gasteiger partial charge is 0.337 e. The first kappa shape index (κ1) is 9.76. The van der Waals surface area contributed by atoms with E-state index in [9.17, 15) is 4.79 Å². The van der Waals surface area contributed by atoms with Gasteiger partial charge in [0.15, 0.2) is 0 Å². The number of hydrogen-bond acceptors (Lipinski definition) is 2. The number of rotatable bonds is 5. The molecule has 0 aliphatic carbocycles. The molecule has 5 heteroatoms. The minimum absolute atomic E-state index is 0.0300.